The van der Waals surface area contributed by atoms with Crippen LogP contribution < -0.4 is 11.6 Å². The van der Waals surface area contributed by atoms with Gasteiger partial charge in [0, 0.05) is 16.1 Å². The highest BCUT2D eigenvalue weighted by atomic mass is 35.5. The van der Waals surface area contributed by atoms with E-state index in [1.165, 1.54) is 12.1 Å². The molecule has 4 aromatic rings. The zero-order chi connectivity index (χ0) is 17.6. The second-order valence-corrected chi connectivity index (χ2v) is 5.87. The maximum Gasteiger partial charge on any atom is 0.186 e. The SMILES string of the molecule is Nc1nc(-c2ccc(Cl)cc2)nc2c1c(-c1ccc(F)cc1)nn2N. The van der Waals surface area contributed by atoms with Crippen LogP contribution in [0.2, 0.25) is 5.02 Å². The van der Waals surface area contributed by atoms with Gasteiger partial charge in [0.2, 0.25) is 0 Å². The molecule has 0 aliphatic rings. The molecule has 0 saturated carbocycles. The van der Waals surface area contributed by atoms with Crippen LogP contribution in [-0.4, -0.2) is 19.9 Å². The molecule has 0 aliphatic carbocycles. The first-order valence-corrected chi connectivity index (χ1v) is 7.74. The first-order chi connectivity index (χ1) is 12.0. The maximum atomic E-state index is 13.2. The first-order valence-electron chi connectivity index (χ1n) is 7.36. The fourth-order valence-corrected chi connectivity index (χ4v) is 2.73. The predicted molar refractivity (Wildman–Crippen MR) is 95.7 cm³/mol. The van der Waals surface area contributed by atoms with E-state index in [4.69, 9.17) is 23.2 Å². The van der Waals surface area contributed by atoms with Gasteiger partial charge in [-0.15, -0.1) is 5.10 Å². The van der Waals surface area contributed by atoms with Crippen molar-refractivity contribution in [1.82, 2.24) is 19.9 Å². The minimum atomic E-state index is -0.338. The molecule has 124 valence electrons. The van der Waals surface area contributed by atoms with E-state index in [1.54, 1.807) is 36.4 Å². The molecule has 0 unspecified atom stereocenters. The van der Waals surface area contributed by atoms with Gasteiger partial charge in [-0.1, -0.05) is 11.6 Å². The summed E-state index contributed by atoms with van der Waals surface area (Å²) in [7, 11) is 0. The third kappa shape index (κ3) is 2.64. The van der Waals surface area contributed by atoms with E-state index < -0.39 is 0 Å². The number of hydrogen-bond acceptors (Lipinski definition) is 5. The van der Waals surface area contributed by atoms with E-state index >= 15 is 0 Å². The molecule has 0 aliphatic heterocycles. The minimum absolute atomic E-state index is 0.242. The summed E-state index contributed by atoms with van der Waals surface area (Å²) < 4.78 is 13.2. The van der Waals surface area contributed by atoms with E-state index in [1.807, 2.05) is 0 Å². The molecule has 6 nitrogen and oxygen atoms in total. The number of benzene rings is 2. The van der Waals surface area contributed by atoms with Crippen molar-refractivity contribution in [3.63, 3.8) is 0 Å². The van der Waals surface area contributed by atoms with E-state index in [2.05, 4.69) is 15.1 Å². The lowest BCUT2D eigenvalue weighted by Crippen LogP contribution is -2.11. The molecule has 0 spiro atoms. The minimum Gasteiger partial charge on any atom is -0.383 e. The first kappa shape index (κ1) is 15.3. The fraction of sp³-hybridized carbons (Fsp3) is 0. The Balaban J connectivity index is 1.92. The predicted octanol–water partition coefficient (Wildman–Crippen LogP) is 3.25. The van der Waals surface area contributed by atoms with Gasteiger partial charge in [0.15, 0.2) is 11.5 Å². The number of anilines is 1. The molecular formula is C17H12ClFN6. The van der Waals surface area contributed by atoms with Crippen LogP contribution in [-0.2, 0) is 0 Å². The zero-order valence-electron chi connectivity index (χ0n) is 12.8. The van der Waals surface area contributed by atoms with Gasteiger partial charge >= 0.3 is 0 Å². The topological polar surface area (TPSA) is 95.6 Å². The van der Waals surface area contributed by atoms with Gasteiger partial charge in [-0.2, -0.15) is 4.79 Å². The molecule has 2 aromatic heterocycles. The molecule has 0 atom stereocenters. The Morgan fingerprint density at radius 2 is 1.56 bits per heavy atom. The summed E-state index contributed by atoms with van der Waals surface area (Å²) in [4.78, 5) is 9.97. The van der Waals surface area contributed by atoms with Crippen molar-refractivity contribution in [3.05, 3.63) is 59.4 Å². The van der Waals surface area contributed by atoms with E-state index in [9.17, 15) is 4.39 Å². The molecule has 0 bridgehead atoms. The summed E-state index contributed by atoms with van der Waals surface area (Å²) in [6.07, 6.45) is 0. The summed E-state index contributed by atoms with van der Waals surface area (Å²) in [5.74, 6) is 6.27. The van der Waals surface area contributed by atoms with Crippen LogP contribution in [0.4, 0.5) is 10.2 Å². The summed E-state index contributed by atoms with van der Waals surface area (Å²) in [5.41, 5.74) is 8.45. The molecule has 0 saturated heterocycles. The van der Waals surface area contributed by atoms with Crippen LogP contribution >= 0.6 is 11.6 Å². The second-order valence-electron chi connectivity index (χ2n) is 5.44. The van der Waals surface area contributed by atoms with Crippen molar-refractivity contribution in [1.29, 1.82) is 0 Å². The number of rotatable bonds is 2. The van der Waals surface area contributed by atoms with E-state index in [0.29, 0.717) is 33.1 Å². The monoisotopic (exact) mass is 354 g/mol. The number of nitrogens with two attached hydrogens (primary N) is 2. The quantitative estimate of drug-likeness (QED) is 0.539. The van der Waals surface area contributed by atoms with Crippen molar-refractivity contribution in [3.8, 4) is 22.6 Å². The Hall–Kier alpha value is -3.19. The lowest BCUT2D eigenvalue weighted by Gasteiger charge is -2.04. The summed E-state index contributed by atoms with van der Waals surface area (Å²) in [6, 6.07) is 13.0. The fourth-order valence-electron chi connectivity index (χ4n) is 2.60. The smallest absolute Gasteiger partial charge is 0.186 e. The molecule has 0 radical (unpaired) electrons. The average Bonchev–Trinajstić information content (AvgIpc) is 2.94. The summed E-state index contributed by atoms with van der Waals surface area (Å²) >= 11 is 5.91. The van der Waals surface area contributed by atoms with Crippen LogP contribution in [0.25, 0.3) is 33.7 Å². The van der Waals surface area contributed by atoms with Crippen molar-refractivity contribution in [2.24, 2.45) is 0 Å². The van der Waals surface area contributed by atoms with Crippen LogP contribution in [0, 0.1) is 5.82 Å². The number of halogens is 2. The lowest BCUT2D eigenvalue weighted by molar-refractivity contribution is 0.628. The summed E-state index contributed by atoms with van der Waals surface area (Å²) in [5, 5.41) is 5.40. The van der Waals surface area contributed by atoms with Crippen LogP contribution in [0.1, 0.15) is 0 Å². The normalized spacial score (nSPS) is 11.1. The number of nitrogens with zero attached hydrogens (tertiary/aromatic N) is 4. The molecule has 4 N–H and O–H groups in total. The van der Waals surface area contributed by atoms with E-state index in [0.717, 1.165) is 10.4 Å². The Kier molecular flexibility index (Phi) is 3.51. The van der Waals surface area contributed by atoms with Crippen molar-refractivity contribution in [2.75, 3.05) is 11.6 Å². The van der Waals surface area contributed by atoms with Crippen LogP contribution in [0.3, 0.4) is 0 Å². The van der Waals surface area contributed by atoms with Crippen molar-refractivity contribution in [2.45, 2.75) is 0 Å². The number of aromatic nitrogens is 4. The third-order valence-electron chi connectivity index (χ3n) is 3.80. The van der Waals surface area contributed by atoms with E-state index in [-0.39, 0.29) is 11.6 Å². The molecule has 0 fully saturated rings. The van der Waals surface area contributed by atoms with Crippen LogP contribution in [0.15, 0.2) is 48.5 Å². The zero-order valence-corrected chi connectivity index (χ0v) is 13.6. The molecule has 4 rings (SSSR count). The highest BCUT2D eigenvalue weighted by Gasteiger charge is 2.18. The molecular weight excluding hydrogens is 343 g/mol. The Morgan fingerprint density at radius 3 is 2.24 bits per heavy atom. The molecule has 8 heteroatoms. The van der Waals surface area contributed by atoms with Crippen molar-refractivity contribution >= 4 is 28.5 Å². The average molecular weight is 355 g/mol. The van der Waals surface area contributed by atoms with Crippen LogP contribution in [0.5, 0.6) is 0 Å². The Labute approximate surface area is 146 Å². The Morgan fingerprint density at radius 1 is 0.920 bits per heavy atom. The molecule has 25 heavy (non-hydrogen) atoms. The lowest BCUT2D eigenvalue weighted by atomic mass is 10.1. The van der Waals surface area contributed by atoms with Crippen molar-refractivity contribution < 1.29 is 4.39 Å². The van der Waals surface area contributed by atoms with Gasteiger partial charge in [-0.25, -0.2) is 14.4 Å². The van der Waals surface area contributed by atoms with Gasteiger partial charge in [0.05, 0.1) is 5.39 Å². The standard InChI is InChI=1S/C17H12ClFN6/c18-11-5-1-10(2-6-11)16-22-15(20)13-14(24-25(21)17(13)23-16)9-3-7-12(19)8-4-9/h1-8H,21H2,(H2,20,22,23). The molecule has 2 aromatic carbocycles. The number of fused-ring (bicyclic) bond motifs is 1. The highest BCUT2D eigenvalue weighted by Crippen LogP contribution is 2.31. The second kappa shape index (κ2) is 5.71. The maximum absolute atomic E-state index is 13.2. The van der Waals surface area contributed by atoms with Gasteiger partial charge < -0.3 is 11.6 Å². The van der Waals surface area contributed by atoms with Gasteiger partial charge in [0.1, 0.15) is 17.3 Å². The van der Waals surface area contributed by atoms with Gasteiger partial charge in [0.25, 0.3) is 0 Å². The summed E-state index contributed by atoms with van der Waals surface area (Å²) in [6.45, 7) is 0. The third-order valence-corrected chi connectivity index (χ3v) is 4.05. The van der Waals surface area contributed by atoms with Gasteiger partial charge in [-0.05, 0) is 48.5 Å². The molecule has 2 heterocycles. The largest absolute Gasteiger partial charge is 0.383 e. The number of hydrogen-bond donors (Lipinski definition) is 2. The van der Waals surface area contributed by atoms with Gasteiger partial charge in [-0.3, -0.25) is 0 Å². The highest BCUT2D eigenvalue weighted by molar-refractivity contribution is 6.30. The molecule has 0 amide bonds. The number of nitrogen functional groups attached to an aromatic ring is 2. The Bertz CT molecular complexity index is 1070.